The quantitative estimate of drug-likeness (QED) is 0.832. The van der Waals surface area contributed by atoms with Crippen molar-refractivity contribution in [1.82, 2.24) is 9.97 Å². The highest BCUT2D eigenvalue weighted by molar-refractivity contribution is 9.10. The predicted octanol–water partition coefficient (Wildman–Crippen LogP) is 4.04. The van der Waals surface area contributed by atoms with Crippen molar-refractivity contribution in [1.29, 1.82) is 0 Å². The average molecular weight is 341 g/mol. The fourth-order valence-electron chi connectivity index (χ4n) is 1.56. The molecule has 0 radical (unpaired) electrons. The molecule has 0 fully saturated rings. The molecule has 19 heavy (non-hydrogen) atoms. The van der Waals surface area contributed by atoms with Crippen LogP contribution in [0, 0.1) is 6.92 Å². The molecule has 0 aliphatic carbocycles. The second kappa shape index (κ2) is 6.86. The summed E-state index contributed by atoms with van der Waals surface area (Å²) in [6.45, 7) is 5.89. The average Bonchev–Trinajstić information content (AvgIpc) is 2.82. The zero-order chi connectivity index (χ0) is 13.7. The monoisotopic (exact) mass is 340 g/mol. The zero-order valence-electron chi connectivity index (χ0n) is 11.0. The van der Waals surface area contributed by atoms with E-state index in [9.17, 15) is 0 Å². The molecule has 0 aliphatic heterocycles. The highest BCUT2D eigenvalue weighted by Gasteiger charge is 2.05. The molecule has 2 aromatic rings. The molecule has 0 bridgehead atoms. The Balaban J connectivity index is 2.02. The molecule has 6 heteroatoms. The number of nitrogens with zero attached hydrogens (tertiary/aromatic N) is 2. The largest absolute Gasteiger partial charge is 0.364 e. The SMILES string of the molecule is CCCNc1ncc(Br)c(NCc2ccc(C)s2)n1. The van der Waals surface area contributed by atoms with Crippen LogP contribution in [0.1, 0.15) is 23.1 Å². The van der Waals surface area contributed by atoms with Gasteiger partial charge < -0.3 is 10.6 Å². The van der Waals surface area contributed by atoms with E-state index in [1.54, 1.807) is 17.5 Å². The number of hydrogen-bond donors (Lipinski definition) is 2. The van der Waals surface area contributed by atoms with Gasteiger partial charge in [-0.25, -0.2) is 4.98 Å². The van der Waals surface area contributed by atoms with Crippen molar-refractivity contribution >= 4 is 39.0 Å². The maximum atomic E-state index is 4.46. The van der Waals surface area contributed by atoms with Gasteiger partial charge in [0.15, 0.2) is 0 Å². The van der Waals surface area contributed by atoms with Crippen molar-refractivity contribution < 1.29 is 0 Å². The molecule has 0 unspecified atom stereocenters. The number of hydrogen-bond acceptors (Lipinski definition) is 5. The lowest BCUT2D eigenvalue weighted by atomic mass is 10.4. The van der Waals surface area contributed by atoms with Gasteiger partial charge in [0.2, 0.25) is 5.95 Å². The van der Waals surface area contributed by atoms with Gasteiger partial charge >= 0.3 is 0 Å². The summed E-state index contributed by atoms with van der Waals surface area (Å²) in [4.78, 5) is 11.3. The normalized spacial score (nSPS) is 10.5. The van der Waals surface area contributed by atoms with Crippen LogP contribution in [0.25, 0.3) is 0 Å². The molecule has 0 saturated heterocycles. The minimum atomic E-state index is 0.662. The Hall–Kier alpha value is -1.14. The second-order valence-electron chi connectivity index (χ2n) is 4.18. The third-order valence-electron chi connectivity index (χ3n) is 2.50. The van der Waals surface area contributed by atoms with Gasteiger partial charge in [-0.05, 0) is 41.4 Å². The van der Waals surface area contributed by atoms with E-state index in [1.165, 1.54) is 9.75 Å². The van der Waals surface area contributed by atoms with Gasteiger partial charge in [-0.15, -0.1) is 11.3 Å². The maximum Gasteiger partial charge on any atom is 0.224 e. The molecule has 2 aromatic heterocycles. The van der Waals surface area contributed by atoms with Gasteiger partial charge in [-0.1, -0.05) is 6.92 Å². The minimum Gasteiger partial charge on any atom is -0.364 e. The van der Waals surface area contributed by atoms with E-state index < -0.39 is 0 Å². The van der Waals surface area contributed by atoms with E-state index in [4.69, 9.17) is 0 Å². The van der Waals surface area contributed by atoms with Gasteiger partial charge in [0, 0.05) is 22.5 Å². The first-order valence-electron chi connectivity index (χ1n) is 6.24. The minimum absolute atomic E-state index is 0.662. The molecular formula is C13H17BrN4S. The number of aryl methyl sites for hydroxylation is 1. The van der Waals surface area contributed by atoms with Crippen molar-refractivity contribution in [3.8, 4) is 0 Å². The van der Waals surface area contributed by atoms with Gasteiger partial charge in [0.25, 0.3) is 0 Å². The fraction of sp³-hybridized carbons (Fsp3) is 0.385. The van der Waals surface area contributed by atoms with Crippen molar-refractivity contribution in [2.24, 2.45) is 0 Å². The summed E-state index contributed by atoms with van der Waals surface area (Å²) in [7, 11) is 0. The number of halogens is 1. The molecule has 0 aromatic carbocycles. The van der Waals surface area contributed by atoms with Gasteiger partial charge in [0.05, 0.1) is 11.0 Å². The van der Waals surface area contributed by atoms with E-state index in [-0.39, 0.29) is 0 Å². The molecule has 102 valence electrons. The van der Waals surface area contributed by atoms with Gasteiger partial charge in [-0.2, -0.15) is 4.98 Å². The first-order chi connectivity index (χ1) is 9.19. The molecule has 0 aliphatic rings. The standard InChI is InChI=1S/C13H17BrN4S/c1-3-6-15-13-17-8-11(14)12(18-13)16-7-10-5-4-9(2)19-10/h4-5,8H,3,6-7H2,1-2H3,(H2,15,16,17,18). The van der Waals surface area contributed by atoms with Crippen molar-refractivity contribution in [2.45, 2.75) is 26.8 Å². The maximum absolute atomic E-state index is 4.46. The molecule has 2 rings (SSSR count). The lowest BCUT2D eigenvalue weighted by molar-refractivity contribution is 0.949. The van der Waals surface area contributed by atoms with E-state index in [2.05, 4.69) is 62.5 Å². The van der Waals surface area contributed by atoms with E-state index >= 15 is 0 Å². The summed E-state index contributed by atoms with van der Waals surface area (Å²) in [5, 5.41) is 6.52. The first-order valence-corrected chi connectivity index (χ1v) is 7.85. The van der Waals surface area contributed by atoms with E-state index in [0.29, 0.717) is 5.95 Å². The fourth-order valence-corrected chi connectivity index (χ4v) is 2.73. The first kappa shape index (κ1) is 14.3. The van der Waals surface area contributed by atoms with Crippen LogP contribution in [0.2, 0.25) is 0 Å². The van der Waals surface area contributed by atoms with Crippen LogP contribution in [0.3, 0.4) is 0 Å². The molecule has 0 spiro atoms. The third kappa shape index (κ3) is 4.18. The highest BCUT2D eigenvalue weighted by Crippen LogP contribution is 2.22. The topological polar surface area (TPSA) is 49.8 Å². The van der Waals surface area contributed by atoms with Gasteiger partial charge in [0.1, 0.15) is 5.82 Å². The highest BCUT2D eigenvalue weighted by atomic mass is 79.9. The van der Waals surface area contributed by atoms with Crippen molar-refractivity contribution in [3.05, 3.63) is 32.6 Å². The van der Waals surface area contributed by atoms with Crippen LogP contribution < -0.4 is 10.6 Å². The Kier molecular flexibility index (Phi) is 5.15. The van der Waals surface area contributed by atoms with Crippen LogP contribution >= 0.6 is 27.3 Å². The summed E-state index contributed by atoms with van der Waals surface area (Å²) < 4.78 is 0.878. The van der Waals surface area contributed by atoms with Crippen LogP contribution in [0.4, 0.5) is 11.8 Å². The van der Waals surface area contributed by atoms with Gasteiger partial charge in [-0.3, -0.25) is 0 Å². The number of nitrogens with one attached hydrogen (secondary N) is 2. The molecule has 2 N–H and O–H groups in total. The Morgan fingerprint density at radius 3 is 2.84 bits per heavy atom. The molecule has 0 saturated carbocycles. The lowest BCUT2D eigenvalue weighted by Gasteiger charge is -2.09. The summed E-state index contributed by atoms with van der Waals surface area (Å²) in [6.07, 6.45) is 2.82. The Bertz CT molecular complexity index is 541. The second-order valence-corrected chi connectivity index (χ2v) is 6.41. The Labute approximate surface area is 125 Å². The van der Waals surface area contributed by atoms with Crippen LogP contribution in [0.5, 0.6) is 0 Å². The van der Waals surface area contributed by atoms with Crippen LogP contribution in [-0.4, -0.2) is 16.5 Å². The number of thiophene rings is 1. The summed E-state index contributed by atoms with van der Waals surface area (Å²) in [6, 6.07) is 4.27. The predicted molar refractivity (Wildman–Crippen MR) is 84.9 cm³/mol. The van der Waals surface area contributed by atoms with Crippen LogP contribution in [-0.2, 0) is 6.54 Å². The molecule has 4 nitrogen and oxygen atoms in total. The number of anilines is 2. The summed E-state index contributed by atoms with van der Waals surface area (Å²) in [5.74, 6) is 1.48. The lowest BCUT2D eigenvalue weighted by Crippen LogP contribution is -2.07. The third-order valence-corrected chi connectivity index (χ3v) is 4.08. The molecule has 2 heterocycles. The molecule has 0 amide bonds. The zero-order valence-corrected chi connectivity index (χ0v) is 13.4. The summed E-state index contributed by atoms with van der Waals surface area (Å²) >= 11 is 5.26. The molecular weight excluding hydrogens is 324 g/mol. The van der Waals surface area contributed by atoms with Crippen LogP contribution in [0.15, 0.2) is 22.8 Å². The number of rotatable bonds is 6. The Morgan fingerprint density at radius 1 is 1.32 bits per heavy atom. The number of aromatic nitrogens is 2. The van der Waals surface area contributed by atoms with E-state index in [0.717, 1.165) is 29.8 Å². The Morgan fingerprint density at radius 2 is 2.16 bits per heavy atom. The summed E-state index contributed by atoms with van der Waals surface area (Å²) in [5.41, 5.74) is 0. The van der Waals surface area contributed by atoms with Crippen molar-refractivity contribution in [3.63, 3.8) is 0 Å². The smallest absolute Gasteiger partial charge is 0.224 e. The van der Waals surface area contributed by atoms with Crippen molar-refractivity contribution in [2.75, 3.05) is 17.2 Å². The molecule has 0 atom stereocenters. The van der Waals surface area contributed by atoms with E-state index in [1.807, 2.05) is 0 Å².